The van der Waals surface area contributed by atoms with Gasteiger partial charge in [0.2, 0.25) is 0 Å². The number of hydrogen-bond donors (Lipinski definition) is 2. The van der Waals surface area contributed by atoms with Crippen LogP contribution in [0.5, 0.6) is 11.5 Å². The van der Waals surface area contributed by atoms with Crippen LogP contribution in [0.1, 0.15) is 41.8 Å². The van der Waals surface area contributed by atoms with Crippen LogP contribution in [0, 0.1) is 0 Å². The Morgan fingerprint density at radius 3 is 2.52 bits per heavy atom. The average Bonchev–Trinajstić information content (AvgIpc) is 2.65. The molecule has 4 heteroatoms. The Balaban J connectivity index is 2.26. The van der Waals surface area contributed by atoms with E-state index in [1.165, 1.54) is 0 Å². The highest BCUT2D eigenvalue weighted by Gasteiger charge is 2.09. The van der Waals surface area contributed by atoms with Crippen LogP contribution in [-0.2, 0) is 6.42 Å². The molecule has 25 heavy (non-hydrogen) atoms. The molecular weight excluding hydrogens is 314 g/mol. The summed E-state index contributed by atoms with van der Waals surface area (Å²) in [6, 6.07) is 10.8. The Bertz CT molecular complexity index is 748. The van der Waals surface area contributed by atoms with Crippen LogP contribution < -0.4 is 10.1 Å². The molecule has 2 aromatic rings. The SMILES string of the molecule is CCCOc1cc(O)c(CC)cc1C=CC(=O)c1ccc(NC)cc1. The van der Waals surface area contributed by atoms with Crippen LogP contribution in [-0.4, -0.2) is 24.5 Å². The van der Waals surface area contributed by atoms with Crippen LogP contribution in [0.15, 0.2) is 42.5 Å². The first-order chi connectivity index (χ1) is 12.1. The fourth-order valence-corrected chi connectivity index (χ4v) is 2.45. The van der Waals surface area contributed by atoms with Crippen molar-refractivity contribution in [1.29, 1.82) is 0 Å². The second-order valence-electron chi connectivity index (χ2n) is 5.75. The third kappa shape index (κ3) is 4.86. The van der Waals surface area contributed by atoms with E-state index in [4.69, 9.17) is 4.74 Å². The lowest BCUT2D eigenvalue weighted by Crippen LogP contribution is -1.99. The van der Waals surface area contributed by atoms with Gasteiger partial charge in [-0.1, -0.05) is 13.8 Å². The summed E-state index contributed by atoms with van der Waals surface area (Å²) in [4.78, 5) is 12.4. The number of anilines is 1. The van der Waals surface area contributed by atoms with E-state index in [1.807, 2.05) is 39.1 Å². The number of hydrogen-bond acceptors (Lipinski definition) is 4. The van der Waals surface area contributed by atoms with Gasteiger partial charge in [0.25, 0.3) is 0 Å². The molecule has 0 aliphatic rings. The molecule has 4 nitrogen and oxygen atoms in total. The number of rotatable bonds is 8. The maximum atomic E-state index is 12.4. The Kier molecular flexibility index (Phi) is 6.63. The van der Waals surface area contributed by atoms with Gasteiger partial charge in [-0.25, -0.2) is 0 Å². The van der Waals surface area contributed by atoms with Crippen LogP contribution in [0.25, 0.3) is 6.08 Å². The zero-order valence-electron chi connectivity index (χ0n) is 15.0. The first-order valence-electron chi connectivity index (χ1n) is 8.58. The number of ketones is 1. The van der Waals surface area contributed by atoms with E-state index in [9.17, 15) is 9.90 Å². The van der Waals surface area contributed by atoms with Gasteiger partial charge in [-0.3, -0.25) is 4.79 Å². The average molecular weight is 339 g/mol. The number of nitrogens with one attached hydrogen (secondary N) is 1. The first kappa shape index (κ1) is 18.6. The quantitative estimate of drug-likeness (QED) is 0.541. The molecular formula is C21H25NO3. The lowest BCUT2D eigenvalue weighted by atomic mass is 10.0. The van der Waals surface area contributed by atoms with Crippen molar-refractivity contribution in [2.75, 3.05) is 19.0 Å². The highest BCUT2D eigenvalue weighted by molar-refractivity contribution is 6.07. The van der Waals surface area contributed by atoms with E-state index in [0.29, 0.717) is 24.3 Å². The molecule has 0 radical (unpaired) electrons. The minimum atomic E-state index is -0.0739. The van der Waals surface area contributed by atoms with Crippen LogP contribution in [0.2, 0.25) is 0 Å². The van der Waals surface area contributed by atoms with E-state index in [2.05, 4.69) is 5.32 Å². The molecule has 0 heterocycles. The number of phenols is 1. The first-order valence-corrected chi connectivity index (χ1v) is 8.58. The molecule has 0 unspecified atom stereocenters. The normalized spacial score (nSPS) is 10.8. The third-order valence-electron chi connectivity index (χ3n) is 3.93. The summed E-state index contributed by atoms with van der Waals surface area (Å²) in [5.41, 5.74) is 3.21. The van der Waals surface area contributed by atoms with Crippen LogP contribution in [0.3, 0.4) is 0 Å². The van der Waals surface area contributed by atoms with Gasteiger partial charge in [-0.15, -0.1) is 0 Å². The van der Waals surface area contributed by atoms with Crippen molar-refractivity contribution in [1.82, 2.24) is 0 Å². The smallest absolute Gasteiger partial charge is 0.185 e. The summed E-state index contributed by atoms with van der Waals surface area (Å²) in [5.74, 6) is 0.737. The molecule has 2 aromatic carbocycles. The predicted octanol–water partition coefficient (Wildman–Crippen LogP) is 4.68. The Morgan fingerprint density at radius 1 is 1.20 bits per heavy atom. The number of phenolic OH excluding ortho intramolecular Hbond substituents is 1. The molecule has 0 saturated heterocycles. The van der Waals surface area contributed by atoms with E-state index in [1.54, 1.807) is 30.4 Å². The zero-order chi connectivity index (χ0) is 18.2. The van der Waals surface area contributed by atoms with Crippen molar-refractivity contribution >= 4 is 17.5 Å². The number of ether oxygens (including phenoxy) is 1. The van der Waals surface area contributed by atoms with E-state index in [-0.39, 0.29) is 11.5 Å². The molecule has 0 aromatic heterocycles. The molecule has 0 fully saturated rings. The van der Waals surface area contributed by atoms with Gasteiger partial charge in [0.15, 0.2) is 5.78 Å². The van der Waals surface area contributed by atoms with Gasteiger partial charge >= 0.3 is 0 Å². The fraction of sp³-hybridized carbons (Fsp3) is 0.286. The number of aromatic hydroxyl groups is 1. The summed E-state index contributed by atoms with van der Waals surface area (Å²) < 4.78 is 5.70. The highest BCUT2D eigenvalue weighted by Crippen LogP contribution is 2.30. The molecule has 2 N–H and O–H groups in total. The monoisotopic (exact) mass is 339 g/mol. The van der Waals surface area contributed by atoms with Crippen molar-refractivity contribution in [3.63, 3.8) is 0 Å². The molecule has 132 valence electrons. The lowest BCUT2D eigenvalue weighted by molar-refractivity contribution is 0.104. The Morgan fingerprint density at radius 2 is 1.92 bits per heavy atom. The lowest BCUT2D eigenvalue weighted by Gasteiger charge is -2.11. The van der Waals surface area contributed by atoms with Crippen molar-refractivity contribution in [3.05, 3.63) is 59.2 Å². The highest BCUT2D eigenvalue weighted by atomic mass is 16.5. The van der Waals surface area contributed by atoms with E-state index < -0.39 is 0 Å². The van der Waals surface area contributed by atoms with Crippen molar-refractivity contribution < 1.29 is 14.6 Å². The molecule has 0 amide bonds. The van der Waals surface area contributed by atoms with Gasteiger partial charge in [-0.05, 0) is 60.9 Å². The summed E-state index contributed by atoms with van der Waals surface area (Å²) in [5, 5.41) is 13.1. The predicted molar refractivity (Wildman–Crippen MR) is 103 cm³/mol. The van der Waals surface area contributed by atoms with Crippen LogP contribution in [0.4, 0.5) is 5.69 Å². The number of carbonyl (C=O) groups excluding carboxylic acids is 1. The van der Waals surface area contributed by atoms with E-state index >= 15 is 0 Å². The molecule has 0 bridgehead atoms. The summed E-state index contributed by atoms with van der Waals surface area (Å²) in [7, 11) is 1.84. The van der Waals surface area contributed by atoms with Crippen molar-refractivity contribution in [3.8, 4) is 11.5 Å². The number of carbonyl (C=O) groups is 1. The molecule has 0 aliphatic carbocycles. The molecule has 2 rings (SSSR count). The standard InChI is InChI=1S/C21H25NO3/c1-4-12-25-21-14-20(24)15(5-2)13-17(21)8-11-19(23)16-6-9-18(22-3)10-7-16/h6-11,13-14,22,24H,4-5,12H2,1-3H3. The second-order valence-corrected chi connectivity index (χ2v) is 5.75. The van der Waals surface area contributed by atoms with Gasteiger partial charge in [0.1, 0.15) is 11.5 Å². The maximum absolute atomic E-state index is 12.4. The second kappa shape index (κ2) is 8.92. The fourth-order valence-electron chi connectivity index (χ4n) is 2.45. The Hall–Kier alpha value is -2.75. The minimum Gasteiger partial charge on any atom is -0.508 e. The largest absolute Gasteiger partial charge is 0.508 e. The van der Waals surface area contributed by atoms with E-state index in [0.717, 1.165) is 23.2 Å². The molecule has 0 saturated carbocycles. The Labute approximate surface area is 149 Å². The van der Waals surface area contributed by atoms with Crippen LogP contribution >= 0.6 is 0 Å². The van der Waals surface area contributed by atoms with Gasteiger partial charge in [0, 0.05) is 29.9 Å². The number of allylic oxidation sites excluding steroid dienone is 1. The topological polar surface area (TPSA) is 58.6 Å². The van der Waals surface area contributed by atoms with Gasteiger partial charge in [0.05, 0.1) is 6.61 Å². The summed E-state index contributed by atoms with van der Waals surface area (Å²) in [6.07, 6.45) is 4.87. The maximum Gasteiger partial charge on any atom is 0.185 e. The van der Waals surface area contributed by atoms with Crippen molar-refractivity contribution in [2.45, 2.75) is 26.7 Å². The van der Waals surface area contributed by atoms with Gasteiger partial charge in [-0.2, -0.15) is 0 Å². The molecule has 0 atom stereocenters. The van der Waals surface area contributed by atoms with Gasteiger partial charge < -0.3 is 15.2 Å². The third-order valence-corrected chi connectivity index (χ3v) is 3.93. The van der Waals surface area contributed by atoms with Crippen molar-refractivity contribution in [2.24, 2.45) is 0 Å². The minimum absolute atomic E-state index is 0.0739. The number of benzene rings is 2. The summed E-state index contributed by atoms with van der Waals surface area (Å²) >= 11 is 0. The number of aryl methyl sites for hydroxylation is 1. The summed E-state index contributed by atoms with van der Waals surface area (Å²) in [6.45, 7) is 4.56. The zero-order valence-corrected chi connectivity index (χ0v) is 15.0. The molecule has 0 aliphatic heterocycles. The molecule has 0 spiro atoms.